The van der Waals surface area contributed by atoms with Crippen LogP contribution in [-0.2, 0) is 0 Å². The molecule has 104 valence electrons. The molecule has 0 radical (unpaired) electrons. The molecule has 1 atom stereocenters. The maximum atomic E-state index is 3.79. The summed E-state index contributed by atoms with van der Waals surface area (Å²) in [6, 6.07) is 15.7. The molecule has 1 unspecified atom stereocenters. The van der Waals surface area contributed by atoms with Crippen LogP contribution in [0.3, 0.4) is 0 Å². The molecule has 2 aromatic carbocycles. The van der Waals surface area contributed by atoms with Crippen molar-refractivity contribution in [2.45, 2.75) is 45.1 Å². The Hall–Kier alpha value is -1.76. The monoisotopic (exact) mass is 265 g/mol. The Morgan fingerprint density at radius 2 is 1.95 bits per heavy atom. The van der Waals surface area contributed by atoms with Crippen LogP contribution in [0.5, 0.6) is 0 Å². The lowest BCUT2D eigenvalue weighted by atomic mass is 9.90. The normalized spacial score (nSPS) is 18.9. The number of allylic oxidation sites excluding steroid dienone is 1. The average molecular weight is 265 g/mol. The predicted octanol–water partition coefficient (Wildman–Crippen LogP) is 5.53. The van der Waals surface area contributed by atoms with Crippen molar-refractivity contribution < 1.29 is 0 Å². The smallest absolute Gasteiger partial charge is 0.0474 e. The molecule has 1 N–H and O–H groups in total. The highest BCUT2D eigenvalue weighted by molar-refractivity contribution is 5.94. The van der Waals surface area contributed by atoms with Crippen LogP contribution in [0.4, 0.5) is 5.69 Å². The predicted molar refractivity (Wildman–Crippen MR) is 88.2 cm³/mol. The molecule has 0 aliphatic heterocycles. The molecule has 0 aromatic heterocycles. The van der Waals surface area contributed by atoms with E-state index in [4.69, 9.17) is 0 Å². The van der Waals surface area contributed by atoms with Crippen LogP contribution in [0.1, 0.15) is 39.0 Å². The van der Waals surface area contributed by atoms with Gasteiger partial charge in [0, 0.05) is 17.1 Å². The first-order valence-electron chi connectivity index (χ1n) is 7.81. The lowest BCUT2D eigenvalue weighted by molar-refractivity contribution is 0.617. The van der Waals surface area contributed by atoms with Crippen molar-refractivity contribution in [1.29, 1.82) is 0 Å². The third-order valence-corrected chi connectivity index (χ3v) is 4.21. The van der Waals surface area contributed by atoms with Crippen LogP contribution >= 0.6 is 0 Å². The summed E-state index contributed by atoms with van der Waals surface area (Å²) in [4.78, 5) is 0. The zero-order valence-electron chi connectivity index (χ0n) is 12.2. The van der Waals surface area contributed by atoms with Crippen molar-refractivity contribution in [1.82, 2.24) is 0 Å². The molecular weight excluding hydrogens is 242 g/mol. The topological polar surface area (TPSA) is 12.0 Å². The van der Waals surface area contributed by atoms with E-state index in [1.165, 1.54) is 48.6 Å². The molecule has 0 bridgehead atoms. The van der Waals surface area contributed by atoms with Gasteiger partial charge in [-0.25, -0.2) is 0 Å². The minimum absolute atomic E-state index is 0.523. The summed E-state index contributed by atoms with van der Waals surface area (Å²) < 4.78 is 0. The Balaban J connectivity index is 1.89. The first-order chi connectivity index (χ1) is 9.88. The van der Waals surface area contributed by atoms with E-state index in [1.54, 1.807) is 5.57 Å². The van der Waals surface area contributed by atoms with Crippen molar-refractivity contribution in [3.05, 3.63) is 54.1 Å². The maximum absolute atomic E-state index is 3.79. The lowest BCUT2D eigenvalue weighted by Crippen LogP contribution is -2.24. The van der Waals surface area contributed by atoms with E-state index < -0.39 is 0 Å². The molecule has 0 fully saturated rings. The molecule has 20 heavy (non-hydrogen) atoms. The fourth-order valence-electron chi connectivity index (χ4n) is 3.21. The van der Waals surface area contributed by atoms with E-state index >= 15 is 0 Å². The zero-order chi connectivity index (χ0) is 13.8. The van der Waals surface area contributed by atoms with E-state index in [9.17, 15) is 0 Å². The summed E-state index contributed by atoms with van der Waals surface area (Å²) in [5, 5.41) is 6.43. The second kappa shape index (κ2) is 6.13. The molecule has 0 heterocycles. The number of hydrogen-bond acceptors (Lipinski definition) is 1. The van der Waals surface area contributed by atoms with Crippen LogP contribution in [-0.4, -0.2) is 6.04 Å². The van der Waals surface area contributed by atoms with Gasteiger partial charge in [0.1, 0.15) is 0 Å². The third kappa shape index (κ3) is 2.72. The maximum Gasteiger partial charge on any atom is 0.0474 e. The Labute approximate surface area is 121 Å². The van der Waals surface area contributed by atoms with Gasteiger partial charge in [0.05, 0.1) is 0 Å². The second-order valence-electron chi connectivity index (χ2n) is 5.68. The largest absolute Gasteiger partial charge is 0.378 e. The van der Waals surface area contributed by atoms with E-state index in [1.807, 2.05) is 0 Å². The highest BCUT2D eigenvalue weighted by Crippen LogP contribution is 2.29. The van der Waals surface area contributed by atoms with Gasteiger partial charge in [-0.3, -0.25) is 0 Å². The Morgan fingerprint density at radius 3 is 2.85 bits per heavy atom. The average Bonchev–Trinajstić information content (AvgIpc) is 2.50. The van der Waals surface area contributed by atoms with Gasteiger partial charge in [0.2, 0.25) is 0 Å². The highest BCUT2D eigenvalue weighted by Gasteiger charge is 2.17. The van der Waals surface area contributed by atoms with Crippen LogP contribution in [0.15, 0.2) is 54.1 Å². The summed E-state index contributed by atoms with van der Waals surface area (Å²) in [6.07, 6.45) is 8.73. The summed E-state index contributed by atoms with van der Waals surface area (Å²) in [6.45, 7) is 2.27. The van der Waals surface area contributed by atoms with Crippen LogP contribution in [0.25, 0.3) is 10.8 Å². The molecule has 3 rings (SSSR count). The third-order valence-electron chi connectivity index (χ3n) is 4.21. The summed E-state index contributed by atoms with van der Waals surface area (Å²) in [5.41, 5.74) is 2.88. The molecule has 2 aromatic rings. The van der Waals surface area contributed by atoms with Gasteiger partial charge in [-0.1, -0.05) is 61.4 Å². The number of rotatable bonds is 4. The Kier molecular flexibility index (Phi) is 4.05. The highest BCUT2D eigenvalue weighted by atomic mass is 14.9. The fourth-order valence-corrected chi connectivity index (χ4v) is 3.21. The van der Waals surface area contributed by atoms with Crippen molar-refractivity contribution in [2.24, 2.45) is 0 Å². The summed E-state index contributed by atoms with van der Waals surface area (Å²) >= 11 is 0. The molecular formula is C19H23N. The minimum atomic E-state index is 0.523. The van der Waals surface area contributed by atoms with Crippen molar-refractivity contribution in [2.75, 3.05) is 5.32 Å². The Bertz CT molecular complexity index is 607. The van der Waals surface area contributed by atoms with Gasteiger partial charge >= 0.3 is 0 Å². The van der Waals surface area contributed by atoms with Crippen LogP contribution < -0.4 is 5.32 Å². The number of anilines is 1. The molecule has 1 aliphatic rings. The molecule has 1 nitrogen and oxygen atoms in total. The number of nitrogens with one attached hydrogen (secondary N) is 1. The second-order valence-corrected chi connectivity index (χ2v) is 5.68. The molecule has 0 amide bonds. The number of hydrogen-bond donors (Lipinski definition) is 1. The van der Waals surface area contributed by atoms with Crippen LogP contribution in [0.2, 0.25) is 0 Å². The van der Waals surface area contributed by atoms with Gasteiger partial charge in [-0.2, -0.15) is 0 Å². The lowest BCUT2D eigenvalue weighted by Gasteiger charge is -2.27. The Morgan fingerprint density at radius 1 is 1.10 bits per heavy atom. The zero-order valence-corrected chi connectivity index (χ0v) is 12.2. The minimum Gasteiger partial charge on any atom is -0.378 e. The fraction of sp³-hybridized carbons (Fsp3) is 0.368. The van der Waals surface area contributed by atoms with E-state index in [2.05, 4.69) is 60.8 Å². The quantitative estimate of drug-likeness (QED) is 0.717. The first kappa shape index (κ1) is 13.2. The molecule has 0 spiro atoms. The number of benzene rings is 2. The SMILES string of the molecule is CCCC1=CCCCC1Nc1cccc2ccccc12. The molecule has 0 saturated heterocycles. The van der Waals surface area contributed by atoms with Gasteiger partial charge in [0.15, 0.2) is 0 Å². The van der Waals surface area contributed by atoms with Gasteiger partial charge in [-0.05, 0) is 37.1 Å². The van der Waals surface area contributed by atoms with Crippen molar-refractivity contribution in [3.63, 3.8) is 0 Å². The molecule has 0 saturated carbocycles. The molecule has 1 heteroatoms. The van der Waals surface area contributed by atoms with E-state index in [0.29, 0.717) is 6.04 Å². The van der Waals surface area contributed by atoms with Crippen molar-refractivity contribution >= 4 is 16.5 Å². The first-order valence-corrected chi connectivity index (χ1v) is 7.81. The van der Waals surface area contributed by atoms with Gasteiger partial charge in [0.25, 0.3) is 0 Å². The van der Waals surface area contributed by atoms with Gasteiger partial charge < -0.3 is 5.32 Å². The summed E-state index contributed by atoms with van der Waals surface area (Å²) in [7, 11) is 0. The van der Waals surface area contributed by atoms with E-state index in [0.717, 1.165) is 0 Å². The van der Waals surface area contributed by atoms with Crippen molar-refractivity contribution in [3.8, 4) is 0 Å². The standard InChI is InChI=1S/C19H23N/c1-2-8-16-10-4-6-13-18(16)20-19-14-7-11-15-9-3-5-12-17(15)19/h3,5,7,9-12,14,18,20H,2,4,6,8,13H2,1H3. The molecule has 1 aliphatic carbocycles. The van der Waals surface area contributed by atoms with E-state index in [-0.39, 0.29) is 0 Å². The van der Waals surface area contributed by atoms with Crippen LogP contribution in [0, 0.1) is 0 Å². The number of fused-ring (bicyclic) bond motifs is 1. The summed E-state index contributed by atoms with van der Waals surface area (Å²) in [5.74, 6) is 0. The van der Waals surface area contributed by atoms with Gasteiger partial charge in [-0.15, -0.1) is 0 Å².